The van der Waals surface area contributed by atoms with Crippen LogP contribution in [0, 0.1) is 5.41 Å². The Bertz CT molecular complexity index is 320. The molecule has 90 valence electrons. The molecule has 0 aliphatic rings. The molecule has 0 saturated heterocycles. The van der Waals surface area contributed by atoms with Crippen LogP contribution in [-0.2, 0) is 6.54 Å². The van der Waals surface area contributed by atoms with E-state index in [4.69, 9.17) is 10.0 Å². The molecule has 0 radical (unpaired) electrons. The van der Waals surface area contributed by atoms with Crippen LogP contribution >= 0.6 is 11.3 Å². The molecule has 0 atom stereocenters. The van der Waals surface area contributed by atoms with E-state index in [0.717, 1.165) is 24.4 Å². The third-order valence-electron chi connectivity index (χ3n) is 2.29. The molecule has 0 bridgehead atoms. The van der Waals surface area contributed by atoms with Crippen LogP contribution in [-0.4, -0.2) is 23.7 Å². The van der Waals surface area contributed by atoms with Crippen molar-refractivity contribution in [3.8, 4) is 0 Å². The lowest BCUT2D eigenvalue weighted by Gasteiger charge is -2.17. The van der Waals surface area contributed by atoms with Crippen molar-refractivity contribution in [3.05, 3.63) is 17.0 Å². The number of thiophene rings is 1. The standard InChI is InChI=1S/C11H20BNO2S/c1-11(2,3)6-7-13-8-9-4-5-10(16-9)12(14)15/h4-5,13-15H,6-8H2,1-3H3. The fourth-order valence-electron chi connectivity index (χ4n) is 1.30. The third-order valence-corrected chi connectivity index (χ3v) is 3.41. The SMILES string of the molecule is CC(C)(C)CCNCc1ccc(B(O)O)s1. The molecular formula is C11H20BNO2S. The molecule has 1 aromatic heterocycles. The van der Waals surface area contributed by atoms with Gasteiger partial charge in [-0.05, 0) is 24.4 Å². The summed E-state index contributed by atoms with van der Waals surface area (Å²) in [6.45, 7) is 8.45. The van der Waals surface area contributed by atoms with Crippen molar-refractivity contribution in [2.45, 2.75) is 33.7 Å². The summed E-state index contributed by atoms with van der Waals surface area (Å²) < 4.78 is 0.604. The Hall–Kier alpha value is -0.355. The molecule has 0 aliphatic heterocycles. The fourth-order valence-corrected chi connectivity index (χ4v) is 2.16. The van der Waals surface area contributed by atoms with Crippen molar-refractivity contribution in [1.82, 2.24) is 5.32 Å². The first kappa shape index (κ1) is 13.7. The summed E-state index contributed by atoms with van der Waals surface area (Å²) in [7, 11) is -1.34. The zero-order valence-electron chi connectivity index (χ0n) is 10.2. The van der Waals surface area contributed by atoms with Gasteiger partial charge in [0.05, 0.1) is 0 Å². The van der Waals surface area contributed by atoms with Crippen LogP contribution < -0.4 is 10.1 Å². The largest absolute Gasteiger partial charge is 0.499 e. The van der Waals surface area contributed by atoms with Crippen LogP contribution in [0.25, 0.3) is 0 Å². The van der Waals surface area contributed by atoms with Gasteiger partial charge in [-0.2, -0.15) is 0 Å². The van der Waals surface area contributed by atoms with Crippen LogP contribution in [0.15, 0.2) is 12.1 Å². The molecule has 0 saturated carbocycles. The average molecular weight is 241 g/mol. The average Bonchev–Trinajstić information content (AvgIpc) is 2.59. The highest BCUT2D eigenvalue weighted by molar-refractivity contribution is 7.22. The molecule has 0 unspecified atom stereocenters. The minimum absolute atomic E-state index is 0.356. The first-order valence-corrected chi connectivity index (χ1v) is 6.35. The van der Waals surface area contributed by atoms with Crippen molar-refractivity contribution in [1.29, 1.82) is 0 Å². The zero-order valence-corrected chi connectivity index (χ0v) is 11.0. The van der Waals surface area contributed by atoms with Gasteiger partial charge in [0.15, 0.2) is 0 Å². The summed E-state index contributed by atoms with van der Waals surface area (Å²) in [5.74, 6) is 0. The second-order valence-corrected chi connectivity index (χ2v) is 6.37. The maximum Gasteiger partial charge on any atom is 0.499 e. The van der Waals surface area contributed by atoms with Crippen molar-refractivity contribution in [3.63, 3.8) is 0 Å². The molecule has 0 aliphatic carbocycles. The van der Waals surface area contributed by atoms with E-state index in [-0.39, 0.29) is 0 Å². The Morgan fingerprint density at radius 3 is 2.50 bits per heavy atom. The molecule has 1 aromatic rings. The van der Waals surface area contributed by atoms with Gasteiger partial charge < -0.3 is 15.4 Å². The van der Waals surface area contributed by atoms with E-state index in [1.807, 2.05) is 6.07 Å². The van der Waals surface area contributed by atoms with E-state index in [1.165, 1.54) is 11.3 Å². The molecule has 1 heterocycles. The minimum Gasteiger partial charge on any atom is -0.423 e. The molecule has 16 heavy (non-hydrogen) atoms. The second-order valence-electron chi connectivity index (χ2n) is 5.17. The fraction of sp³-hybridized carbons (Fsp3) is 0.636. The van der Waals surface area contributed by atoms with Crippen molar-refractivity contribution in [2.24, 2.45) is 5.41 Å². The molecule has 3 N–H and O–H groups in total. The van der Waals surface area contributed by atoms with Crippen LogP contribution in [0.4, 0.5) is 0 Å². The van der Waals surface area contributed by atoms with Crippen LogP contribution in [0.2, 0.25) is 0 Å². The highest BCUT2D eigenvalue weighted by Crippen LogP contribution is 2.17. The second kappa shape index (κ2) is 5.82. The van der Waals surface area contributed by atoms with Gasteiger partial charge in [0, 0.05) is 16.2 Å². The van der Waals surface area contributed by atoms with Crippen molar-refractivity contribution < 1.29 is 10.0 Å². The van der Waals surface area contributed by atoms with Gasteiger partial charge in [0.1, 0.15) is 0 Å². The minimum atomic E-state index is -1.34. The molecule has 3 nitrogen and oxygen atoms in total. The number of hydrogen-bond donors (Lipinski definition) is 3. The Morgan fingerprint density at radius 1 is 1.31 bits per heavy atom. The van der Waals surface area contributed by atoms with Crippen LogP contribution in [0.1, 0.15) is 32.1 Å². The van der Waals surface area contributed by atoms with Gasteiger partial charge in [0.25, 0.3) is 0 Å². The molecule has 0 amide bonds. The molecule has 0 fully saturated rings. The Labute approximate surface area is 102 Å². The predicted octanol–water partition coefficient (Wildman–Crippen LogP) is 0.954. The Morgan fingerprint density at radius 2 is 2.00 bits per heavy atom. The lowest BCUT2D eigenvalue weighted by Crippen LogP contribution is -2.26. The predicted molar refractivity (Wildman–Crippen MR) is 69.9 cm³/mol. The molecule has 0 spiro atoms. The van der Waals surface area contributed by atoms with E-state index in [9.17, 15) is 0 Å². The summed E-state index contributed by atoms with van der Waals surface area (Å²) in [5.41, 5.74) is 0.356. The Kier molecular flexibility index (Phi) is 4.99. The van der Waals surface area contributed by atoms with Crippen molar-refractivity contribution in [2.75, 3.05) is 6.54 Å². The van der Waals surface area contributed by atoms with Gasteiger partial charge in [-0.15, -0.1) is 11.3 Å². The normalized spacial score (nSPS) is 11.8. The highest BCUT2D eigenvalue weighted by Gasteiger charge is 2.13. The quantitative estimate of drug-likeness (QED) is 0.531. The summed E-state index contributed by atoms with van der Waals surface area (Å²) in [5, 5.41) is 21.3. The van der Waals surface area contributed by atoms with Crippen molar-refractivity contribution >= 4 is 23.2 Å². The smallest absolute Gasteiger partial charge is 0.423 e. The number of hydrogen-bond acceptors (Lipinski definition) is 4. The summed E-state index contributed by atoms with van der Waals surface area (Å²) in [4.78, 5) is 1.14. The summed E-state index contributed by atoms with van der Waals surface area (Å²) >= 11 is 1.44. The van der Waals surface area contributed by atoms with Crippen LogP contribution in [0.5, 0.6) is 0 Å². The topological polar surface area (TPSA) is 52.5 Å². The van der Waals surface area contributed by atoms with Gasteiger partial charge in [-0.3, -0.25) is 0 Å². The number of rotatable bonds is 5. The van der Waals surface area contributed by atoms with E-state index in [1.54, 1.807) is 6.07 Å². The maximum atomic E-state index is 8.96. The van der Waals surface area contributed by atoms with Gasteiger partial charge in [-0.1, -0.05) is 26.8 Å². The van der Waals surface area contributed by atoms with Gasteiger partial charge in [0.2, 0.25) is 0 Å². The molecular weight excluding hydrogens is 221 g/mol. The van der Waals surface area contributed by atoms with E-state index < -0.39 is 7.12 Å². The monoisotopic (exact) mass is 241 g/mol. The third kappa shape index (κ3) is 5.12. The lowest BCUT2D eigenvalue weighted by atomic mass is 9.90. The number of nitrogens with one attached hydrogen (secondary N) is 1. The van der Waals surface area contributed by atoms with E-state index in [0.29, 0.717) is 10.2 Å². The lowest BCUT2D eigenvalue weighted by molar-refractivity contribution is 0.367. The zero-order chi connectivity index (χ0) is 12.2. The van der Waals surface area contributed by atoms with E-state index in [2.05, 4.69) is 26.1 Å². The first-order valence-electron chi connectivity index (χ1n) is 5.54. The first-order chi connectivity index (χ1) is 7.38. The summed E-state index contributed by atoms with van der Waals surface area (Å²) in [6, 6.07) is 3.69. The van der Waals surface area contributed by atoms with Gasteiger partial charge in [-0.25, -0.2) is 0 Å². The maximum absolute atomic E-state index is 8.96. The molecule has 5 heteroatoms. The Balaban J connectivity index is 2.27. The molecule has 1 rings (SSSR count). The highest BCUT2D eigenvalue weighted by atomic mass is 32.1. The van der Waals surface area contributed by atoms with Gasteiger partial charge >= 0.3 is 7.12 Å². The summed E-state index contributed by atoms with van der Waals surface area (Å²) in [6.07, 6.45) is 1.13. The molecule has 0 aromatic carbocycles. The van der Waals surface area contributed by atoms with Crippen LogP contribution in [0.3, 0.4) is 0 Å². The van der Waals surface area contributed by atoms with E-state index >= 15 is 0 Å².